The van der Waals surface area contributed by atoms with Gasteiger partial charge in [0.15, 0.2) is 9.84 Å². The summed E-state index contributed by atoms with van der Waals surface area (Å²) < 4.78 is 31.3. The number of nitrogens with zero attached hydrogens (tertiary/aromatic N) is 2. The van der Waals surface area contributed by atoms with E-state index in [9.17, 15) is 8.42 Å². The van der Waals surface area contributed by atoms with Crippen molar-refractivity contribution in [2.75, 3.05) is 19.8 Å². The van der Waals surface area contributed by atoms with Crippen molar-refractivity contribution in [3.05, 3.63) is 58.5 Å². The monoisotopic (exact) mass is 442 g/mol. The number of thiazole rings is 1. The van der Waals surface area contributed by atoms with E-state index in [1.807, 2.05) is 23.6 Å². The SMILES string of the molecule is O=S(=O)(Cc1nccs1)c1ccc2c(C3CCCN3C3CCOCC3)cccc2c1. The van der Waals surface area contributed by atoms with E-state index in [-0.39, 0.29) is 5.75 Å². The second-order valence-electron chi connectivity index (χ2n) is 8.15. The number of ether oxygens (including phenoxy) is 1. The lowest BCUT2D eigenvalue weighted by Gasteiger charge is -2.36. The van der Waals surface area contributed by atoms with Crippen LogP contribution < -0.4 is 0 Å². The number of fused-ring (bicyclic) bond motifs is 1. The summed E-state index contributed by atoms with van der Waals surface area (Å²) in [6.07, 6.45) is 6.20. The molecule has 0 radical (unpaired) electrons. The molecule has 1 atom stereocenters. The lowest BCUT2D eigenvalue weighted by Crippen LogP contribution is -2.39. The van der Waals surface area contributed by atoms with E-state index in [0.717, 1.165) is 49.8 Å². The third-order valence-corrected chi connectivity index (χ3v) is 8.94. The number of likely N-dealkylation sites (tertiary alicyclic amines) is 1. The van der Waals surface area contributed by atoms with Gasteiger partial charge in [-0.05, 0) is 60.7 Å². The number of sulfone groups is 1. The van der Waals surface area contributed by atoms with Crippen LogP contribution in [0.1, 0.15) is 42.3 Å². The Morgan fingerprint density at radius 2 is 2.00 bits per heavy atom. The molecule has 3 aromatic rings. The first-order chi connectivity index (χ1) is 14.6. The molecule has 1 unspecified atom stereocenters. The first-order valence-electron chi connectivity index (χ1n) is 10.6. The van der Waals surface area contributed by atoms with Gasteiger partial charge in [-0.25, -0.2) is 13.4 Å². The van der Waals surface area contributed by atoms with Gasteiger partial charge in [-0.1, -0.05) is 24.3 Å². The third kappa shape index (κ3) is 3.91. The van der Waals surface area contributed by atoms with Gasteiger partial charge in [0.2, 0.25) is 0 Å². The summed E-state index contributed by atoms with van der Waals surface area (Å²) in [5, 5.41) is 4.59. The fourth-order valence-corrected chi connectivity index (χ4v) is 7.20. The Morgan fingerprint density at radius 1 is 1.13 bits per heavy atom. The van der Waals surface area contributed by atoms with Gasteiger partial charge in [0.1, 0.15) is 10.8 Å². The van der Waals surface area contributed by atoms with E-state index in [1.54, 1.807) is 12.3 Å². The van der Waals surface area contributed by atoms with Crippen molar-refractivity contribution >= 4 is 31.9 Å². The highest BCUT2D eigenvalue weighted by molar-refractivity contribution is 7.90. The summed E-state index contributed by atoms with van der Waals surface area (Å²) >= 11 is 1.38. The quantitative estimate of drug-likeness (QED) is 0.579. The molecule has 158 valence electrons. The van der Waals surface area contributed by atoms with Crippen LogP contribution in [0.5, 0.6) is 0 Å². The topological polar surface area (TPSA) is 59.5 Å². The van der Waals surface area contributed by atoms with Gasteiger partial charge in [0.05, 0.1) is 4.90 Å². The molecule has 30 heavy (non-hydrogen) atoms. The minimum absolute atomic E-state index is 0.0456. The number of hydrogen-bond acceptors (Lipinski definition) is 6. The van der Waals surface area contributed by atoms with Gasteiger partial charge in [-0.2, -0.15) is 0 Å². The molecule has 2 saturated heterocycles. The zero-order valence-corrected chi connectivity index (χ0v) is 18.5. The summed E-state index contributed by atoms with van der Waals surface area (Å²) in [6.45, 7) is 2.83. The van der Waals surface area contributed by atoms with Crippen LogP contribution in [0.4, 0.5) is 0 Å². The molecular formula is C23H26N2O3S2. The summed E-state index contributed by atoms with van der Waals surface area (Å²) in [7, 11) is -3.41. The third-order valence-electron chi connectivity index (χ3n) is 6.35. The van der Waals surface area contributed by atoms with Crippen molar-refractivity contribution < 1.29 is 13.2 Å². The molecule has 0 spiro atoms. The average molecular weight is 443 g/mol. The highest BCUT2D eigenvalue weighted by Gasteiger charge is 2.33. The van der Waals surface area contributed by atoms with Crippen LogP contribution >= 0.6 is 11.3 Å². The molecule has 0 saturated carbocycles. The second kappa shape index (κ2) is 8.38. The maximum atomic E-state index is 12.9. The van der Waals surface area contributed by atoms with Crippen molar-refractivity contribution in [2.24, 2.45) is 0 Å². The number of benzene rings is 2. The predicted molar refractivity (Wildman–Crippen MR) is 119 cm³/mol. The fraction of sp³-hybridized carbons (Fsp3) is 0.435. The average Bonchev–Trinajstić information content (AvgIpc) is 3.45. The van der Waals surface area contributed by atoms with Gasteiger partial charge in [-0.15, -0.1) is 11.3 Å². The van der Waals surface area contributed by atoms with Crippen LogP contribution in [0.2, 0.25) is 0 Å². The summed E-state index contributed by atoms with van der Waals surface area (Å²) in [5.41, 5.74) is 1.32. The Labute approximate surface area is 181 Å². The zero-order valence-electron chi connectivity index (χ0n) is 16.9. The van der Waals surface area contributed by atoms with Crippen molar-refractivity contribution in [1.82, 2.24) is 9.88 Å². The molecule has 1 aromatic heterocycles. The lowest BCUT2D eigenvalue weighted by atomic mass is 9.95. The van der Waals surface area contributed by atoms with E-state index in [1.165, 1.54) is 23.3 Å². The second-order valence-corrected chi connectivity index (χ2v) is 11.1. The van der Waals surface area contributed by atoms with Crippen LogP contribution in [0.15, 0.2) is 52.9 Å². The lowest BCUT2D eigenvalue weighted by molar-refractivity contribution is 0.0293. The first-order valence-corrected chi connectivity index (χ1v) is 13.1. The van der Waals surface area contributed by atoms with E-state index in [2.05, 4.69) is 22.0 Å². The Kier molecular flexibility index (Phi) is 5.62. The Morgan fingerprint density at radius 3 is 2.80 bits per heavy atom. The van der Waals surface area contributed by atoms with Crippen LogP contribution in [0, 0.1) is 0 Å². The highest BCUT2D eigenvalue weighted by atomic mass is 32.2. The van der Waals surface area contributed by atoms with E-state index in [4.69, 9.17) is 4.74 Å². The highest BCUT2D eigenvalue weighted by Crippen LogP contribution is 2.39. The molecule has 2 aromatic carbocycles. The zero-order chi connectivity index (χ0) is 20.6. The molecule has 2 aliphatic rings. The fourth-order valence-electron chi connectivity index (χ4n) is 4.92. The van der Waals surface area contributed by atoms with Gasteiger partial charge in [0.25, 0.3) is 0 Å². The van der Waals surface area contributed by atoms with E-state index in [0.29, 0.717) is 22.0 Å². The smallest absolute Gasteiger partial charge is 0.184 e. The molecule has 7 heteroatoms. The molecule has 2 fully saturated rings. The molecule has 0 amide bonds. The maximum Gasteiger partial charge on any atom is 0.184 e. The maximum absolute atomic E-state index is 12.9. The summed E-state index contributed by atoms with van der Waals surface area (Å²) in [6, 6.07) is 12.9. The Balaban J connectivity index is 1.47. The van der Waals surface area contributed by atoms with Crippen LogP contribution in [0.3, 0.4) is 0 Å². The molecule has 5 nitrogen and oxygen atoms in total. The van der Waals surface area contributed by atoms with Crippen molar-refractivity contribution in [2.45, 2.75) is 48.4 Å². The molecule has 3 heterocycles. The summed E-state index contributed by atoms with van der Waals surface area (Å²) in [5.74, 6) is -0.0456. The Hall–Kier alpha value is -1.80. The number of aromatic nitrogens is 1. The minimum Gasteiger partial charge on any atom is -0.381 e. The van der Waals surface area contributed by atoms with Gasteiger partial charge in [0, 0.05) is 36.9 Å². The molecule has 0 N–H and O–H groups in total. The van der Waals surface area contributed by atoms with E-state index >= 15 is 0 Å². The standard InChI is InChI=1S/C23H26N2O3S2/c26-30(27,16-23-24-10-14-29-23)19-6-7-20-17(15-19)3-1-4-21(20)22-5-2-11-25(22)18-8-12-28-13-9-18/h1,3-4,6-7,10,14-15,18,22H,2,5,8-9,11-13,16H2. The minimum atomic E-state index is -3.41. The van der Waals surface area contributed by atoms with E-state index < -0.39 is 9.84 Å². The van der Waals surface area contributed by atoms with Crippen LogP contribution in [0.25, 0.3) is 10.8 Å². The van der Waals surface area contributed by atoms with Crippen LogP contribution in [-0.4, -0.2) is 44.1 Å². The molecular weight excluding hydrogens is 416 g/mol. The number of rotatable bonds is 5. The van der Waals surface area contributed by atoms with Crippen molar-refractivity contribution in [3.63, 3.8) is 0 Å². The summed E-state index contributed by atoms with van der Waals surface area (Å²) in [4.78, 5) is 7.16. The molecule has 0 bridgehead atoms. The van der Waals surface area contributed by atoms with Crippen LogP contribution in [-0.2, 0) is 20.3 Å². The largest absolute Gasteiger partial charge is 0.381 e. The Bertz CT molecular complexity index is 1120. The number of hydrogen-bond donors (Lipinski definition) is 0. The first kappa shape index (κ1) is 20.1. The van der Waals surface area contributed by atoms with Crippen molar-refractivity contribution in [1.29, 1.82) is 0 Å². The van der Waals surface area contributed by atoms with Gasteiger partial charge in [-0.3, -0.25) is 4.90 Å². The van der Waals surface area contributed by atoms with Gasteiger partial charge >= 0.3 is 0 Å². The molecule has 0 aliphatic carbocycles. The molecule has 2 aliphatic heterocycles. The van der Waals surface area contributed by atoms with Gasteiger partial charge < -0.3 is 4.74 Å². The van der Waals surface area contributed by atoms with Crippen molar-refractivity contribution in [3.8, 4) is 0 Å². The predicted octanol–water partition coefficient (Wildman–Crippen LogP) is 4.59. The molecule has 5 rings (SSSR count). The normalized spacial score (nSPS) is 21.4.